The number of fused-ring (bicyclic) bond motifs is 1. The highest BCUT2D eigenvalue weighted by Gasteiger charge is 2.24. The second kappa shape index (κ2) is 7.89. The number of carbonyl (C=O) groups excluding carboxylic acids is 1. The highest BCUT2D eigenvalue weighted by atomic mass is 32.2. The Kier molecular flexibility index (Phi) is 5.15. The molecule has 1 fully saturated rings. The molecule has 0 bridgehead atoms. The van der Waals surface area contributed by atoms with E-state index in [2.05, 4.69) is 42.5 Å². The Morgan fingerprint density at radius 1 is 1.50 bits per heavy atom. The van der Waals surface area contributed by atoms with E-state index in [4.69, 9.17) is 4.52 Å². The first-order chi connectivity index (χ1) is 13.7. The summed E-state index contributed by atoms with van der Waals surface area (Å²) in [5, 5.41) is 19.1. The van der Waals surface area contributed by atoms with Crippen LogP contribution in [0.25, 0.3) is 11.0 Å². The number of nitrogens with one attached hydrogen (secondary N) is 3. The van der Waals surface area contributed by atoms with E-state index in [1.807, 2.05) is 6.26 Å². The van der Waals surface area contributed by atoms with E-state index in [1.54, 1.807) is 11.1 Å². The van der Waals surface area contributed by atoms with Crippen LogP contribution in [0, 0.1) is 0 Å². The number of hydrogen-bond donors (Lipinski definition) is 3. The standard InChI is InChI=1S/C17H20N8O2S/c1-3-12(26)25-6-4-5-10(8-25)19-14-13-15(23-24-16(13)28-2)22-17(21-14)20-11-7-18-27-9-11/h3,7,9-10H,1,4-6,8H2,2H3,(H3,19,20,21,22,23,24). The lowest BCUT2D eigenvalue weighted by molar-refractivity contribution is -0.127. The molecule has 1 unspecified atom stereocenters. The molecule has 0 saturated carbocycles. The number of aromatic nitrogens is 5. The second-order valence-corrected chi connectivity index (χ2v) is 7.16. The number of amides is 1. The summed E-state index contributed by atoms with van der Waals surface area (Å²) in [6.07, 6.45) is 8.18. The summed E-state index contributed by atoms with van der Waals surface area (Å²) < 4.78 is 4.84. The van der Waals surface area contributed by atoms with Crippen molar-refractivity contribution in [3.63, 3.8) is 0 Å². The Labute approximate surface area is 165 Å². The number of anilines is 3. The van der Waals surface area contributed by atoms with E-state index < -0.39 is 0 Å². The number of rotatable bonds is 6. The quantitative estimate of drug-likeness (QED) is 0.422. The summed E-state index contributed by atoms with van der Waals surface area (Å²) in [5.41, 5.74) is 1.27. The van der Waals surface area contributed by atoms with E-state index in [0.717, 1.165) is 29.8 Å². The number of piperidine rings is 1. The van der Waals surface area contributed by atoms with Crippen molar-refractivity contribution in [1.29, 1.82) is 0 Å². The summed E-state index contributed by atoms with van der Waals surface area (Å²) >= 11 is 1.52. The molecule has 4 rings (SSSR count). The number of thioether (sulfide) groups is 1. The second-order valence-electron chi connectivity index (χ2n) is 6.36. The van der Waals surface area contributed by atoms with Crippen molar-refractivity contribution < 1.29 is 9.32 Å². The van der Waals surface area contributed by atoms with Crippen molar-refractivity contribution in [2.24, 2.45) is 0 Å². The van der Waals surface area contributed by atoms with Crippen LogP contribution in [0.3, 0.4) is 0 Å². The molecule has 0 spiro atoms. The molecule has 1 atom stereocenters. The number of likely N-dealkylation sites (tertiary alicyclic amines) is 1. The van der Waals surface area contributed by atoms with Gasteiger partial charge in [0.15, 0.2) is 5.65 Å². The lowest BCUT2D eigenvalue weighted by Crippen LogP contribution is -2.44. The maximum Gasteiger partial charge on any atom is 0.246 e. The molecule has 4 heterocycles. The number of aromatic amines is 1. The van der Waals surface area contributed by atoms with Gasteiger partial charge in [0, 0.05) is 19.1 Å². The van der Waals surface area contributed by atoms with Gasteiger partial charge in [-0.3, -0.25) is 9.89 Å². The lowest BCUT2D eigenvalue weighted by atomic mass is 10.1. The molecule has 10 nitrogen and oxygen atoms in total. The first kappa shape index (κ1) is 18.3. The van der Waals surface area contributed by atoms with Crippen LogP contribution in [-0.4, -0.2) is 61.5 Å². The predicted molar refractivity (Wildman–Crippen MR) is 107 cm³/mol. The van der Waals surface area contributed by atoms with Crippen LogP contribution < -0.4 is 10.6 Å². The molecule has 11 heteroatoms. The average molecular weight is 400 g/mol. The van der Waals surface area contributed by atoms with Crippen LogP contribution in [0.5, 0.6) is 0 Å². The van der Waals surface area contributed by atoms with Crippen molar-refractivity contribution in [2.45, 2.75) is 23.9 Å². The van der Waals surface area contributed by atoms with Gasteiger partial charge < -0.3 is 20.1 Å². The van der Waals surface area contributed by atoms with E-state index in [1.165, 1.54) is 24.1 Å². The molecule has 1 amide bonds. The molecule has 1 aliphatic heterocycles. The molecule has 0 aromatic carbocycles. The van der Waals surface area contributed by atoms with Crippen molar-refractivity contribution in [2.75, 3.05) is 30.0 Å². The van der Waals surface area contributed by atoms with Crippen LogP contribution in [-0.2, 0) is 4.79 Å². The topological polar surface area (TPSA) is 125 Å². The zero-order valence-electron chi connectivity index (χ0n) is 15.3. The molecule has 3 aromatic heterocycles. The van der Waals surface area contributed by atoms with E-state index >= 15 is 0 Å². The van der Waals surface area contributed by atoms with Gasteiger partial charge in [0.1, 0.15) is 22.8 Å². The predicted octanol–water partition coefficient (Wildman–Crippen LogP) is 2.40. The fraction of sp³-hybridized carbons (Fsp3) is 0.353. The fourth-order valence-electron chi connectivity index (χ4n) is 3.23. The summed E-state index contributed by atoms with van der Waals surface area (Å²) in [4.78, 5) is 22.9. The maximum absolute atomic E-state index is 12.0. The maximum atomic E-state index is 12.0. The lowest BCUT2D eigenvalue weighted by Gasteiger charge is -2.33. The van der Waals surface area contributed by atoms with Crippen LogP contribution >= 0.6 is 11.8 Å². The minimum atomic E-state index is -0.0535. The van der Waals surface area contributed by atoms with Gasteiger partial charge in [-0.1, -0.05) is 11.7 Å². The summed E-state index contributed by atoms with van der Waals surface area (Å²) in [6, 6.07) is 0.0730. The SMILES string of the molecule is C=CC(=O)N1CCCC(Nc2nc(Nc3cnoc3)nc3[nH]nc(SC)c23)C1. The van der Waals surface area contributed by atoms with Crippen LogP contribution in [0.15, 0.2) is 34.7 Å². The van der Waals surface area contributed by atoms with Gasteiger partial charge in [-0.25, -0.2) is 0 Å². The first-order valence-corrected chi connectivity index (χ1v) is 10.0. The molecule has 0 radical (unpaired) electrons. The Morgan fingerprint density at radius 2 is 2.39 bits per heavy atom. The normalized spacial score (nSPS) is 16.9. The van der Waals surface area contributed by atoms with Gasteiger partial charge in [-0.2, -0.15) is 15.1 Å². The Balaban J connectivity index is 1.64. The third-order valence-corrected chi connectivity index (χ3v) is 5.20. The highest BCUT2D eigenvalue weighted by Crippen LogP contribution is 2.31. The molecular weight excluding hydrogens is 380 g/mol. The van der Waals surface area contributed by atoms with Crippen molar-refractivity contribution in [3.8, 4) is 0 Å². The minimum absolute atomic E-state index is 0.0535. The highest BCUT2D eigenvalue weighted by molar-refractivity contribution is 7.98. The molecule has 3 aromatic rings. The molecule has 1 saturated heterocycles. The van der Waals surface area contributed by atoms with E-state index in [9.17, 15) is 4.79 Å². The summed E-state index contributed by atoms with van der Waals surface area (Å²) in [6.45, 7) is 4.91. The zero-order chi connectivity index (χ0) is 19.5. The van der Waals surface area contributed by atoms with Gasteiger partial charge >= 0.3 is 0 Å². The van der Waals surface area contributed by atoms with Gasteiger partial charge in [0.2, 0.25) is 11.9 Å². The van der Waals surface area contributed by atoms with Crippen molar-refractivity contribution in [1.82, 2.24) is 30.2 Å². The Hall–Kier alpha value is -3.08. The van der Waals surface area contributed by atoms with Gasteiger partial charge in [0.05, 0.1) is 11.6 Å². The Bertz CT molecular complexity index is 987. The number of hydrogen-bond acceptors (Lipinski definition) is 9. The average Bonchev–Trinajstić information content (AvgIpc) is 3.37. The third-order valence-electron chi connectivity index (χ3n) is 4.52. The number of H-pyrrole nitrogens is 1. The molecular formula is C17H20N8O2S. The third kappa shape index (κ3) is 3.65. The van der Waals surface area contributed by atoms with Crippen LogP contribution in [0.2, 0.25) is 0 Å². The van der Waals surface area contributed by atoms with E-state index in [0.29, 0.717) is 29.6 Å². The van der Waals surface area contributed by atoms with Crippen molar-refractivity contribution in [3.05, 3.63) is 25.1 Å². The summed E-state index contributed by atoms with van der Waals surface area (Å²) in [7, 11) is 0. The molecule has 1 aliphatic rings. The van der Waals surface area contributed by atoms with Crippen LogP contribution in [0.4, 0.5) is 17.5 Å². The number of carbonyl (C=O) groups is 1. The molecule has 146 valence electrons. The monoisotopic (exact) mass is 400 g/mol. The molecule has 0 aliphatic carbocycles. The fourth-order valence-corrected chi connectivity index (χ4v) is 3.76. The first-order valence-electron chi connectivity index (χ1n) is 8.82. The van der Waals surface area contributed by atoms with Gasteiger partial charge in [-0.05, 0) is 25.2 Å². The smallest absolute Gasteiger partial charge is 0.246 e. The van der Waals surface area contributed by atoms with Crippen molar-refractivity contribution >= 4 is 46.2 Å². The van der Waals surface area contributed by atoms with E-state index in [-0.39, 0.29) is 11.9 Å². The zero-order valence-corrected chi connectivity index (χ0v) is 16.1. The van der Waals surface area contributed by atoms with Gasteiger partial charge in [0.25, 0.3) is 0 Å². The largest absolute Gasteiger partial charge is 0.365 e. The molecule has 3 N–H and O–H groups in total. The van der Waals surface area contributed by atoms with Gasteiger partial charge in [-0.15, -0.1) is 11.8 Å². The summed E-state index contributed by atoms with van der Waals surface area (Å²) in [5.74, 6) is 1.01. The van der Waals surface area contributed by atoms with Crippen LogP contribution in [0.1, 0.15) is 12.8 Å². The Morgan fingerprint density at radius 3 is 3.14 bits per heavy atom. The minimum Gasteiger partial charge on any atom is -0.365 e. The number of nitrogens with zero attached hydrogens (tertiary/aromatic N) is 5. The molecule has 28 heavy (non-hydrogen) atoms.